The van der Waals surface area contributed by atoms with E-state index in [0.29, 0.717) is 12.0 Å². The van der Waals surface area contributed by atoms with Crippen LogP contribution in [0.4, 0.5) is 13.6 Å². The lowest BCUT2D eigenvalue weighted by atomic mass is 9.96. The monoisotopic (exact) mass is 305 g/mol. The largest absolute Gasteiger partial charge is 0.444 e. The summed E-state index contributed by atoms with van der Waals surface area (Å²) < 4.78 is 30.4. The van der Waals surface area contributed by atoms with E-state index in [0.717, 1.165) is 0 Å². The van der Waals surface area contributed by atoms with Crippen LogP contribution in [0, 0.1) is 5.92 Å². The van der Waals surface area contributed by atoms with Gasteiger partial charge in [-0.25, -0.2) is 13.6 Å². The number of aliphatic hydroxyl groups is 1. The van der Waals surface area contributed by atoms with Crippen LogP contribution in [0.25, 0.3) is 0 Å². The highest BCUT2D eigenvalue weighted by molar-refractivity contribution is 5.65. The molecule has 1 atom stereocenters. The SMILES string of the molecule is CC(C)(C)OC(N)=O.CC(CO)CC1=C(F)CCC(F)=C1. The van der Waals surface area contributed by atoms with Gasteiger partial charge in [0.05, 0.1) is 0 Å². The van der Waals surface area contributed by atoms with E-state index in [-0.39, 0.29) is 37.0 Å². The number of halogens is 2. The van der Waals surface area contributed by atoms with Crippen LogP contribution < -0.4 is 5.73 Å². The van der Waals surface area contributed by atoms with Crippen molar-refractivity contribution in [3.8, 4) is 0 Å². The number of carbonyl (C=O) groups is 1. The van der Waals surface area contributed by atoms with E-state index in [1.807, 2.05) is 0 Å². The average molecular weight is 305 g/mol. The Balaban J connectivity index is 0.000000433. The number of hydrogen-bond acceptors (Lipinski definition) is 3. The molecular weight excluding hydrogens is 280 g/mol. The van der Waals surface area contributed by atoms with Crippen molar-refractivity contribution in [2.75, 3.05) is 6.61 Å². The predicted octanol–water partition coefficient (Wildman–Crippen LogP) is 3.76. The Morgan fingerprint density at radius 1 is 1.43 bits per heavy atom. The first-order valence-corrected chi connectivity index (χ1v) is 6.88. The molecule has 0 heterocycles. The van der Waals surface area contributed by atoms with E-state index in [2.05, 4.69) is 4.74 Å². The van der Waals surface area contributed by atoms with E-state index >= 15 is 0 Å². The van der Waals surface area contributed by atoms with Crippen molar-refractivity contribution in [1.29, 1.82) is 0 Å². The van der Waals surface area contributed by atoms with Gasteiger partial charge in [-0.15, -0.1) is 0 Å². The predicted molar refractivity (Wildman–Crippen MR) is 77.8 cm³/mol. The molecule has 0 fully saturated rings. The van der Waals surface area contributed by atoms with Gasteiger partial charge in [0.1, 0.15) is 17.3 Å². The van der Waals surface area contributed by atoms with Gasteiger partial charge in [-0.3, -0.25) is 0 Å². The number of allylic oxidation sites excluding steroid dienone is 4. The fourth-order valence-corrected chi connectivity index (χ4v) is 1.64. The van der Waals surface area contributed by atoms with Gasteiger partial charge >= 0.3 is 6.09 Å². The Kier molecular flexibility index (Phi) is 8.17. The normalized spacial score (nSPS) is 16.6. The van der Waals surface area contributed by atoms with Crippen molar-refractivity contribution < 1.29 is 23.4 Å². The standard InChI is InChI=1S/C10H14F2O.C5H11NO2/c1-7(6-13)4-8-5-9(11)2-3-10(8)12;1-5(2,3)8-4(6)7/h5,7,13H,2-4,6H2,1H3;1-3H3,(H2,6,7). The number of rotatable bonds is 3. The van der Waals surface area contributed by atoms with Gasteiger partial charge in [0.25, 0.3) is 0 Å². The summed E-state index contributed by atoms with van der Waals surface area (Å²) in [7, 11) is 0. The van der Waals surface area contributed by atoms with Crippen molar-refractivity contribution in [2.45, 2.75) is 52.6 Å². The molecule has 0 aromatic rings. The van der Waals surface area contributed by atoms with E-state index in [4.69, 9.17) is 10.8 Å². The van der Waals surface area contributed by atoms with Crippen molar-refractivity contribution in [2.24, 2.45) is 11.7 Å². The molecular formula is C15H25F2NO3. The molecule has 1 aliphatic rings. The quantitative estimate of drug-likeness (QED) is 0.834. The zero-order valence-corrected chi connectivity index (χ0v) is 13.1. The summed E-state index contributed by atoms with van der Waals surface area (Å²) in [5.41, 5.74) is 4.67. The summed E-state index contributed by atoms with van der Waals surface area (Å²) >= 11 is 0. The van der Waals surface area contributed by atoms with Crippen molar-refractivity contribution in [3.63, 3.8) is 0 Å². The van der Waals surface area contributed by atoms with Crippen molar-refractivity contribution in [3.05, 3.63) is 23.3 Å². The highest BCUT2D eigenvalue weighted by Crippen LogP contribution is 2.29. The molecule has 0 radical (unpaired) electrons. The van der Waals surface area contributed by atoms with Crippen molar-refractivity contribution >= 4 is 6.09 Å². The van der Waals surface area contributed by atoms with Crippen LogP contribution in [-0.4, -0.2) is 23.4 Å². The maximum Gasteiger partial charge on any atom is 0.405 e. The van der Waals surface area contributed by atoms with Crippen LogP contribution in [0.15, 0.2) is 23.3 Å². The van der Waals surface area contributed by atoms with Gasteiger partial charge in [0.15, 0.2) is 0 Å². The number of nitrogens with two attached hydrogens (primary N) is 1. The summed E-state index contributed by atoms with van der Waals surface area (Å²) in [6.07, 6.45) is 1.27. The summed E-state index contributed by atoms with van der Waals surface area (Å²) in [6, 6.07) is 0. The fraction of sp³-hybridized carbons (Fsp3) is 0.667. The summed E-state index contributed by atoms with van der Waals surface area (Å²) in [5.74, 6) is -0.508. The third-order valence-electron chi connectivity index (χ3n) is 2.55. The molecule has 1 aliphatic carbocycles. The summed E-state index contributed by atoms with van der Waals surface area (Å²) in [6.45, 7) is 7.10. The van der Waals surface area contributed by atoms with Crippen molar-refractivity contribution in [1.82, 2.24) is 0 Å². The first kappa shape index (κ1) is 19.6. The van der Waals surface area contributed by atoms with Crippen LogP contribution in [-0.2, 0) is 4.74 Å². The minimum absolute atomic E-state index is 0.00619. The minimum atomic E-state index is -0.725. The number of aliphatic hydroxyl groups excluding tert-OH is 1. The van der Waals surface area contributed by atoms with Gasteiger partial charge in [0.2, 0.25) is 0 Å². The molecule has 1 rings (SSSR count). The molecule has 0 aromatic heterocycles. The molecule has 21 heavy (non-hydrogen) atoms. The smallest absolute Gasteiger partial charge is 0.405 e. The second-order valence-electron chi connectivity index (χ2n) is 6.05. The van der Waals surface area contributed by atoms with Gasteiger partial charge < -0.3 is 15.6 Å². The number of ether oxygens (including phenoxy) is 1. The van der Waals surface area contributed by atoms with Crippen LogP contribution >= 0.6 is 0 Å². The molecule has 6 heteroatoms. The Labute approximate surface area is 124 Å². The topological polar surface area (TPSA) is 72.5 Å². The first-order valence-electron chi connectivity index (χ1n) is 6.88. The van der Waals surface area contributed by atoms with Crippen LogP contribution in [0.2, 0.25) is 0 Å². The molecule has 4 nitrogen and oxygen atoms in total. The molecule has 3 N–H and O–H groups in total. The fourth-order valence-electron chi connectivity index (χ4n) is 1.64. The molecule has 0 aliphatic heterocycles. The van der Waals surface area contributed by atoms with Crippen LogP contribution in [0.3, 0.4) is 0 Å². The van der Waals surface area contributed by atoms with E-state index < -0.39 is 11.7 Å². The molecule has 0 saturated carbocycles. The Morgan fingerprint density at radius 2 is 2.00 bits per heavy atom. The third kappa shape index (κ3) is 10.0. The molecule has 0 spiro atoms. The number of primary amides is 1. The van der Waals surface area contributed by atoms with Gasteiger partial charge in [-0.1, -0.05) is 6.92 Å². The molecule has 0 saturated heterocycles. The third-order valence-corrected chi connectivity index (χ3v) is 2.55. The second kappa shape index (κ2) is 8.77. The van der Waals surface area contributed by atoms with E-state index in [9.17, 15) is 13.6 Å². The lowest BCUT2D eigenvalue weighted by Crippen LogP contribution is -2.27. The number of carbonyl (C=O) groups excluding carboxylic acids is 1. The zero-order chi connectivity index (χ0) is 16.6. The highest BCUT2D eigenvalue weighted by Gasteiger charge is 2.15. The maximum absolute atomic E-state index is 13.1. The lowest BCUT2D eigenvalue weighted by molar-refractivity contribution is 0.0600. The Hall–Kier alpha value is -1.43. The first-order chi connectivity index (χ1) is 9.55. The highest BCUT2D eigenvalue weighted by atomic mass is 19.1. The average Bonchev–Trinajstić information content (AvgIpc) is 2.31. The minimum Gasteiger partial charge on any atom is -0.444 e. The number of hydrogen-bond donors (Lipinski definition) is 2. The molecule has 1 unspecified atom stereocenters. The van der Waals surface area contributed by atoms with Gasteiger partial charge in [0, 0.05) is 19.4 Å². The second-order valence-corrected chi connectivity index (χ2v) is 6.05. The summed E-state index contributed by atoms with van der Waals surface area (Å²) in [4.78, 5) is 10.0. The van der Waals surface area contributed by atoms with E-state index in [1.54, 1.807) is 27.7 Å². The lowest BCUT2D eigenvalue weighted by Gasteiger charge is -2.16. The maximum atomic E-state index is 13.1. The van der Waals surface area contributed by atoms with Crippen LogP contribution in [0.5, 0.6) is 0 Å². The van der Waals surface area contributed by atoms with Gasteiger partial charge in [-0.2, -0.15) is 0 Å². The Morgan fingerprint density at radius 3 is 2.38 bits per heavy atom. The molecule has 122 valence electrons. The van der Waals surface area contributed by atoms with Gasteiger partial charge in [-0.05, 0) is 44.8 Å². The Bertz CT molecular complexity index is 412. The zero-order valence-electron chi connectivity index (χ0n) is 13.1. The summed E-state index contributed by atoms with van der Waals surface area (Å²) in [5, 5.41) is 8.76. The van der Waals surface area contributed by atoms with Crippen LogP contribution in [0.1, 0.15) is 47.0 Å². The molecule has 0 aromatic carbocycles. The van der Waals surface area contributed by atoms with E-state index in [1.165, 1.54) is 6.08 Å². The molecule has 0 bridgehead atoms. The number of amides is 1. The molecule has 1 amide bonds.